The first-order chi connectivity index (χ1) is 15.6. The van der Waals surface area contributed by atoms with E-state index in [1.165, 1.54) is 89.9 Å². The second kappa shape index (κ2) is 15.7. The maximum Gasteiger partial charge on any atom is 0.237 e. The molecule has 32 heavy (non-hydrogen) atoms. The molecule has 5 nitrogen and oxygen atoms in total. The van der Waals surface area contributed by atoms with Crippen molar-refractivity contribution in [1.82, 2.24) is 14.7 Å². The Labute approximate surface area is 198 Å². The smallest absolute Gasteiger partial charge is 0.237 e. The molecule has 0 aromatic carbocycles. The third kappa shape index (κ3) is 9.41. The van der Waals surface area contributed by atoms with Gasteiger partial charge in [-0.15, -0.1) is 0 Å². The third-order valence-corrected chi connectivity index (χ3v) is 7.48. The summed E-state index contributed by atoms with van der Waals surface area (Å²) in [6.07, 6.45) is 19.4. The van der Waals surface area contributed by atoms with Crippen molar-refractivity contribution in [3.63, 3.8) is 0 Å². The van der Waals surface area contributed by atoms with E-state index in [0.29, 0.717) is 6.54 Å². The highest BCUT2D eigenvalue weighted by Crippen LogP contribution is 2.30. The summed E-state index contributed by atoms with van der Waals surface area (Å²) in [7, 11) is 0. The number of amides is 2. The summed E-state index contributed by atoms with van der Waals surface area (Å²) < 4.78 is 0. The minimum Gasteiger partial charge on any atom is -0.336 e. The standard InChI is InChI=1S/C27H51N3O2/c1-4-6-8-10-12-14-16-18-28(19-17-15-13-11-9-7-5-2)23-27(32)30-22-25-20-26(30)21-29(25)24(3)31/h25-26H,4-23H2,1-3H3. The Morgan fingerprint density at radius 2 is 1.12 bits per heavy atom. The lowest BCUT2D eigenvalue weighted by Crippen LogP contribution is -2.52. The van der Waals surface area contributed by atoms with E-state index in [-0.39, 0.29) is 23.9 Å². The summed E-state index contributed by atoms with van der Waals surface area (Å²) in [5, 5.41) is 0. The number of rotatable bonds is 18. The molecule has 2 saturated heterocycles. The largest absolute Gasteiger partial charge is 0.336 e. The molecule has 2 fully saturated rings. The summed E-state index contributed by atoms with van der Waals surface area (Å²) in [6, 6.07) is 0.497. The summed E-state index contributed by atoms with van der Waals surface area (Å²) in [4.78, 5) is 31.3. The molecular formula is C27H51N3O2. The van der Waals surface area contributed by atoms with Crippen LogP contribution in [0.1, 0.15) is 117 Å². The van der Waals surface area contributed by atoms with Gasteiger partial charge in [-0.2, -0.15) is 0 Å². The zero-order chi connectivity index (χ0) is 23.2. The Bertz CT molecular complexity index is 521. The number of carbonyl (C=O) groups excluding carboxylic acids is 2. The van der Waals surface area contributed by atoms with Gasteiger partial charge in [0, 0.05) is 20.0 Å². The fourth-order valence-electron chi connectivity index (χ4n) is 5.50. The normalized spacial score (nSPS) is 20.0. The van der Waals surface area contributed by atoms with Crippen LogP contribution in [0, 0.1) is 0 Å². The lowest BCUT2D eigenvalue weighted by Gasteiger charge is -2.35. The number of hydrogen-bond donors (Lipinski definition) is 0. The van der Waals surface area contributed by atoms with E-state index < -0.39 is 0 Å². The van der Waals surface area contributed by atoms with Crippen molar-refractivity contribution >= 4 is 11.8 Å². The van der Waals surface area contributed by atoms with Crippen LogP contribution in [0.4, 0.5) is 0 Å². The minimum atomic E-state index is 0.157. The highest BCUT2D eigenvalue weighted by Gasteiger charge is 2.46. The van der Waals surface area contributed by atoms with E-state index in [4.69, 9.17) is 0 Å². The van der Waals surface area contributed by atoms with Gasteiger partial charge in [0.15, 0.2) is 0 Å². The van der Waals surface area contributed by atoms with Gasteiger partial charge >= 0.3 is 0 Å². The van der Waals surface area contributed by atoms with E-state index in [1.54, 1.807) is 6.92 Å². The van der Waals surface area contributed by atoms with Crippen LogP contribution in [0.15, 0.2) is 0 Å². The van der Waals surface area contributed by atoms with Crippen molar-refractivity contribution < 1.29 is 9.59 Å². The molecule has 2 aliphatic rings. The fraction of sp³-hybridized carbons (Fsp3) is 0.926. The van der Waals surface area contributed by atoms with Crippen LogP contribution in [0.2, 0.25) is 0 Å². The van der Waals surface area contributed by atoms with Crippen molar-refractivity contribution in [2.45, 2.75) is 129 Å². The maximum absolute atomic E-state index is 13.1. The molecule has 2 unspecified atom stereocenters. The van der Waals surface area contributed by atoms with Crippen molar-refractivity contribution in [1.29, 1.82) is 0 Å². The van der Waals surface area contributed by atoms with Gasteiger partial charge in [0.1, 0.15) is 0 Å². The molecule has 186 valence electrons. The highest BCUT2D eigenvalue weighted by atomic mass is 16.2. The molecule has 2 atom stereocenters. The van der Waals surface area contributed by atoms with Crippen LogP contribution < -0.4 is 0 Å². The molecule has 5 heteroatoms. The lowest BCUT2D eigenvalue weighted by atomic mass is 10.1. The molecule has 0 aliphatic carbocycles. The van der Waals surface area contributed by atoms with Crippen LogP contribution in [0.5, 0.6) is 0 Å². The van der Waals surface area contributed by atoms with Gasteiger partial charge < -0.3 is 9.80 Å². The summed E-state index contributed by atoms with van der Waals surface area (Å²) >= 11 is 0. The van der Waals surface area contributed by atoms with Crippen LogP contribution in [0.3, 0.4) is 0 Å². The number of carbonyl (C=O) groups is 2. The molecule has 0 radical (unpaired) electrons. The molecule has 2 rings (SSSR count). The molecule has 2 amide bonds. The summed E-state index contributed by atoms with van der Waals surface area (Å²) in [5.74, 6) is 0.440. The first-order valence-corrected chi connectivity index (χ1v) is 13.9. The summed E-state index contributed by atoms with van der Waals surface area (Å²) in [6.45, 7) is 10.3. The molecule has 0 aromatic rings. The predicted octanol–water partition coefficient (Wildman–Crippen LogP) is 5.62. The zero-order valence-corrected chi connectivity index (χ0v) is 21.5. The number of piperazine rings is 1. The molecule has 0 saturated carbocycles. The topological polar surface area (TPSA) is 43.9 Å². The Balaban J connectivity index is 1.72. The van der Waals surface area contributed by atoms with Crippen molar-refractivity contribution in [3.05, 3.63) is 0 Å². The Morgan fingerprint density at radius 3 is 1.56 bits per heavy atom. The Morgan fingerprint density at radius 1 is 0.688 bits per heavy atom. The minimum absolute atomic E-state index is 0.157. The van der Waals surface area contributed by atoms with Crippen molar-refractivity contribution in [3.8, 4) is 0 Å². The molecular weight excluding hydrogens is 398 g/mol. The van der Waals surface area contributed by atoms with E-state index in [0.717, 1.165) is 32.6 Å². The van der Waals surface area contributed by atoms with Crippen LogP contribution >= 0.6 is 0 Å². The molecule has 2 heterocycles. The van der Waals surface area contributed by atoms with E-state index in [1.807, 2.05) is 4.90 Å². The zero-order valence-electron chi connectivity index (χ0n) is 21.5. The fourth-order valence-corrected chi connectivity index (χ4v) is 5.50. The third-order valence-electron chi connectivity index (χ3n) is 7.48. The number of likely N-dealkylation sites (tertiary alicyclic amines) is 2. The van der Waals surface area contributed by atoms with Gasteiger partial charge in [-0.3, -0.25) is 14.5 Å². The van der Waals surface area contributed by atoms with Gasteiger partial charge in [0.25, 0.3) is 0 Å². The predicted molar refractivity (Wildman–Crippen MR) is 134 cm³/mol. The lowest BCUT2D eigenvalue weighted by molar-refractivity contribution is -0.139. The van der Waals surface area contributed by atoms with E-state index in [2.05, 4.69) is 23.6 Å². The Hall–Kier alpha value is -1.10. The van der Waals surface area contributed by atoms with Gasteiger partial charge in [-0.1, -0.05) is 90.9 Å². The number of fused-ring (bicyclic) bond motifs is 2. The molecule has 0 spiro atoms. The van der Waals surface area contributed by atoms with Gasteiger partial charge in [0.05, 0.1) is 18.6 Å². The van der Waals surface area contributed by atoms with Crippen molar-refractivity contribution in [2.75, 3.05) is 32.7 Å². The highest BCUT2D eigenvalue weighted by molar-refractivity contribution is 5.80. The molecule has 0 N–H and O–H groups in total. The molecule has 2 bridgehead atoms. The molecule has 0 aromatic heterocycles. The average molecular weight is 450 g/mol. The number of hydrogen-bond acceptors (Lipinski definition) is 3. The van der Waals surface area contributed by atoms with E-state index >= 15 is 0 Å². The average Bonchev–Trinajstić information content (AvgIpc) is 3.39. The van der Waals surface area contributed by atoms with Gasteiger partial charge in [0.2, 0.25) is 11.8 Å². The number of nitrogens with zero attached hydrogens (tertiary/aromatic N) is 3. The van der Waals surface area contributed by atoms with Gasteiger partial charge in [-0.05, 0) is 32.4 Å². The Kier molecular flexibility index (Phi) is 13.3. The molecule has 2 aliphatic heterocycles. The second-order valence-electron chi connectivity index (χ2n) is 10.3. The first-order valence-electron chi connectivity index (χ1n) is 13.9. The monoisotopic (exact) mass is 449 g/mol. The second-order valence-corrected chi connectivity index (χ2v) is 10.3. The number of unbranched alkanes of at least 4 members (excludes halogenated alkanes) is 12. The summed E-state index contributed by atoms with van der Waals surface area (Å²) in [5.41, 5.74) is 0. The maximum atomic E-state index is 13.1. The van der Waals surface area contributed by atoms with Gasteiger partial charge in [-0.25, -0.2) is 0 Å². The van der Waals surface area contributed by atoms with Crippen LogP contribution in [0.25, 0.3) is 0 Å². The SMILES string of the molecule is CCCCCCCCCN(CCCCCCCCC)CC(=O)N1CC2CC1CN2C(C)=O. The van der Waals surface area contributed by atoms with Crippen LogP contribution in [-0.2, 0) is 9.59 Å². The van der Waals surface area contributed by atoms with E-state index in [9.17, 15) is 9.59 Å². The first kappa shape index (κ1) is 27.1. The van der Waals surface area contributed by atoms with Crippen LogP contribution in [-0.4, -0.2) is 71.3 Å². The quantitative estimate of drug-likeness (QED) is 0.255. The van der Waals surface area contributed by atoms with Crippen molar-refractivity contribution in [2.24, 2.45) is 0 Å².